The summed E-state index contributed by atoms with van der Waals surface area (Å²) in [7, 11) is 0. The highest BCUT2D eigenvalue weighted by Crippen LogP contribution is 2.22. The number of benzene rings is 2. The van der Waals surface area contributed by atoms with Crippen molar-refractivity contribution in [1.29, 1.82) is 0 Å². The molecule has 2 heterocycles. The third-order valence-electron chi connectivity index (χ3n) is 4.00. The van der Waals surface area contributed by atoms with E-state index in [1.807, 2.05) is 30.3 Å². The number of fused-ring (bicyclic) bond motifs is 1. The molecule has 0 aliphatic heterocycles. The predicted octanol–water partition coefficient (Wildman–Crippen LogP) is 4.41. The van der Waals surface area contributed by atoms with Gasteiger partial charge in [-0.2, -0.15) is 4.98 Å². The number of ether oxygens (including phenoxy) is 1. The van der Waals surface area contributed by atoms with E-state index >= 15 is 0 Å². The van der Waals surface area contributed by atoms with Crippen LogP contribution in [-0.4, -0.2) is 16.1 Å². The SMILES string of the molecule is C[C@H](OC(=O)c1cc(=O)c2cc(Cl)ccc2o1)c1nc(-c2ccccc2)no1. The summed E-state index contributed by atoms with van der Waals surface area (Å²) in [5, 5.41) is 4.56. The van der Waals surface area contributed by atoms with Crippen molar-refractivity contribution in [3.8, 4) is 11.4 Å². The zero-order valence-electron chi connectivity index (χ0n) is 14.6. The average molecular weight is 397 g/mol. The number of nitrogens with zero attached hydrogens (tertiary/aromatic N) is 2. The molecule has 8 heteroatoms. The van der Waals surface area contributed by atoms with Crippen LogP contribution in [0.3, 0.4) is 0 Å². The number of hydrogen-bond acceptors (Lipinski definition) is 7. The number of hydrogen-bond donors (Lipinski definition) is 0. The lowest BCUT2D eigenvalue weighted by molar-refractivity contribution is 0.0231. The van der Waals surface area contributed by atoms with Crippen molar-refractivity contribution in [3.63, 3.8) is 0 Å². The van der Waals surface area contributed by atoms with Crippen LogP contribution in [0.15, 0.2) is 68.3 Å². The maximum absolute atomic E-state index is 12.4. The van der Waals surface area contributed by atoms with Gasteiger partial charge in [-0.1, -0.05) is 47.1 Å². The molecule has 1 atom stereocenters. The summed E-state index contributed by atoms with van der Waals surface area (Å²) in [6.45, 7) is 1.58. The van der Waals surface area contributed by atoms with Gasteiger partial charge in [-0.05, 0) is 25.1 Å². The van der Waals surface area contributed by atoms with E-state index in [9.17, 15) is 9.59 Å². The first-order valence-electron chi connectivity index (χ1n) is 8.34. The Morgan fingerprint density at radius 3 is 2.71 bits per heavy atom. The second kappa shape index (κ2) is 7.28. The molecule has 0 aliphatic carbocycles. The molecule has 0 amide bonds. The Labute approximate surface area is 163 Å². The third-order valence-corrected chi connectivity index (χ3v) is 4.23. The fourth-order valence-electron chi connectivity index (χ4n) is 2.60. The van der Waals surface area contributed by atoms with Crippen molar-refractivity contribution in [2.75, 3.05) is 0 Å². The van der Waals surface area contributed by atoms with Crippen LogP contribution in [-0.2, 0) is 4.74 Å². The fraction of sp³-hybridized carbons (Fsp3) is 0.100. The lowest BCUT2D eigenvalue weighted by atomic mass is 10.2. The first kappa shape index (κ1) is 17.9. The van der Waals surface area contributed by atoms with Crippen molar-refractivity contribution in [1.82, 2.24) is 10.1 Å². The Morgan fingerprint density at radius 2 is 1.93 bits per heavy atom. The van der Waals surface area contributed by atoms with E-state index < -0.39 is 17.5 Å². The topological polar surface area (TPSA) is 95.4 Å². The maximum Gasteiger partial charge on any atom is 0.375 e. The normalized spacial score (nSPS) is 12.1. The van der Waals surface area contributed by atoms with E-state index in [2.05, 4.69) is 10.1 Å². The van der Waals surface area contributed by atoms with Gasteiger partial charge < -0.3 is 13.7 Å². The Morgan fingerprint density at radius 1 is 1.14 bits per heavy atom. The molecule has 0 aliphatic rings. The van der Waals surface area contributed by atoms with Gasteiger partial charge in [0, 0.05) is 16.7 Å². The lowest BCUT2D eigenvalue weighted by Gasteiger charge is -2.08. The minimum Gasteiger partial charge on any atom is -0.449 e. The van der Waals surface area contributed by atoms with Crippen molar-refractivity contribution < 1.29 is 18.5 Å². The molecule has 0 spiro atoms. The van der Waals surface area contributed by atoms with Gasteiger partial charge in [-0.3, -0.25) is 4.79 Å². The summed E-state index contributed by atoms with van der Waals surface area (Å²) in [4.78, 5) is 28.8. The molecule has 0 saturated heterocycles. The van der Waals surface area contributed by atoms with Crippen molar-refractivity contribution in [3.05, 3.63) is 81.5 Å². The Hall–Kier alpha value is -3.45. The van der Waals surface area contributed by atoms with E-state index in [1.165, 1.54) is 12.1 Å². The van der Waals surface area contributed by atoms with Gasteiger partial charge in [0.05, 0.1) is 5.39 Å². The van der Waals surface area contributed by atoms with Crippen molar-refractivity contribution in [2.45, 2.75) is 13.0 Å². The zero-order valence-corrected chi connectivity index (χ0v) is 15.3. The van der Waals surface area contributed by atoms with Gasteiger partial charge in [0.15, 0.2) is 11.5 Å². The standard InChI is InChI=1S/C20H13ClN2O5/c1-11(19-22-18(23-28-19)12-5-3-2-4-6-12)26-20(25)17-10-15(24)14-9-13(21)7-8-16(14)27-17/h2-11H,1H3/t11-/m0/s1. The third kappa shape index (κ3) is 3.52. The highest BCUT2D eigenvalue weighted by Gasteiger charge is 2.22. The first-order valence-corrected chi connectivity index (χ1v) is 8.72. The minimum absolute atomic E-state index is 0.127. The summed E-state index contributed by atoms with van der Waals surface area (Å²) < 4.78 is 16.0. The fourth-order valence-corrected chi connectivity index (χ4v) is 2.78. The molecule has 2 aromatic carbocycles. The van der Waals surface area contributed by atoms with Gasteiger partial charge >= 0.3 is 5.97 Å². The molecule has 0 N–H and O–H groups in total. The molecule has 4 rings (SSSR count). The molecule has 140 valence electrons. The lowest BCUT2D eigenvalue weighted by Crippen LogP contribution is -2.12. The molecule has 4 aromatic rings. The molecule has 2 aromatic heterocycles. The minimum atomic E-state index is -0.830. The van der Waals surface area contributed by atoms with E-state index in [0.717, 1.165) is 11.6 Å². The largest absolute Gasteiger partial charge is 0.449 e. The van der Waals surface area contributed by atoms with Crippen molar-refractivity contribution in [2.24, 2.45) is 0 Å². The quantitative estimate of drug-likeness (QED) is 0.471. The first-order chi connectivity index (χ1) is 13.5. The summed E-state index contributed by atoms with van der Waals surface area (Å²) in [6.07, 6.45) is -0.830. The van der Waals surface area contributed by atoms with Gasteiger partial charge in [0.1, 0.15) is 5.58 Å². The molecule has 28 heavy (non-hydrogen) atoms. The van der Waals surface area contributed by atoms with Gasteiger partial charge in [0.2, 0.25) is 11.6 Å². The second-order valence-electron chi connectivity index (χ2n) is 5.99. The molecule has 0 saturated carbocycles. The van der Waals surface area contributed by atoms with Crippen LogP contribution in [0, 0.1) is 0 Å². The number of halogens is 1. The molecule has 0 fully saturated rings. The van der Waals surface area contributed by atoms with Gasteiger partial charge in [-0.15, -0.1) is 0 Å². The molecule has 0 bridgehead atoms. The number of rotatable bonds is 4. The Bertz CT molecular complexity index is 1220. The monoisotopic (exact) mass is 396 g/mol. The molecule has 7 nitrogen and oxygen atoms in total. The molecule has 0 radical (unpaired) electrons. The van der Waals surface area contributed by atoms with Crippen molar-refractivity contribution >= 4 is 28.5 Å². The predicted molar refractivity (Wildman–Crippen MR) is 101 cm³/mol. The molecular weight excluding hydrogens is 384 g/mol. The Balaban J connectivity index is 1.55. The van der Waals surface area contributed by atoms with Crippen LogP contribution in [0.25, 0.3) is 22.4 Å². The zero-order chi connectivity index (χ0) is 19.7. The van der Waals surface area contributed by atoms with E-state index in [4.69, 9.17) is 25.3 Å². The van der Waals surface area contributed by atoms with E-state index in [1.54, 1.807) is 13.0 Å². The summed E-state index contributed by atoms with van der Waals surface area (Å²) >= 11 is 5.88. The number of carbonyl (C=O) groups is 1. The maximum atomic E-state index is 12.4. The van der Waals surface area contributed by atoms with E-state index in [0.29, 0.717) is 10.8 Å². The average Bonchev–Trinajstić information content (AvgIpc) is 3.19. The summed E-state index contributed by atoms with van der Waals surface area (Å²) in [5.74, 6) is -0.537. The van der Waals surface area contributed by atoms with Crippen LogP contribution < -0.4 is 5.43 Å². The molecular formula is C20H13ClN2O5. The van der Waals surface area contributed by atoms with Gasteiger partial charge in [-0.25, -0.2) is 4.79 Å². The summed E-state index contributed by atoms with van der Waals surface area (Å²) in [5.41, 5.74) is 0.614. The van der Waals surface area contributed by atoms with Crippen LogP contribution in [0.2, 0.25) is 5.02 Å². The van der Waals surface area contributed by atoms with Crippen LogP contribution in [0.4, 0.5) is 0 Å². The van der Waals surface area contributed by atoms with Gasteiger partial charge in [0.25, 0.3) is 5.89 Å². The highest BCUT2D eigenvalue weighted by atomic mass is 35.5. The Kier molecular flexibility index (Phi) is 4.67. The second-order valence-corrected chi connectivity index (χ2v) is 6.42. The summed E-state index contributed by atoms with van der Waals surface area (Å²) in [6, 6.07) is 14.9. The van der Waals surface area contributed by atoms with E-state index in [-0.39, 0.29) is 22.6 Å². The number of aromatic nitrogens is 2. The molecule has 0 unspecified atom stereocenters. The van der Waals surface area contributed by atoms with Crippen LogP contribution in [0.1, 0.15) is 29.5 Å². The smallest absolute Gasteiger partial charge is 0.375 e. The van der Waals surface area contributed by atoms with Crippen LogP contribution in [0.5, 0.6) is 0 Å². The highest BCUT2D eigenvalue weighted by molar-refractivity contribution is 6.31. The number of esters is 1. The number of carbonyl (C=O) groups excluding carboxylic acids is 1. The van der Waals surface area contributed by atoms with Crippen LogP contribution >= 0.6 is 11.6 Å².